The second kappa shape index (κ2) is 7.16. The number of carbonyl (C=O) groups is 1. The van der Waals surface area contributed by atoms with E-state index in [4.69, 9.17) is 14.4 Å². The van der Waals surface area contributed by atoms with Crippen molar-refractivity contribution >= 4 is 11.6 Å². The smallest absolute Gasteiger partial charge is 0.291 e. The lowest BCUT2D eigenvalue weighted by atomic mass is 10.2. The van der Waals surface area contributed by atoms with E-state index in [0.29, 0.717) is 17.0 Å². The van der Waals surface area contributed by atoms with Gasteiger partial charge in [-0.1, -0.05) is 30.3 Å². The van der Waals surface area contributed by atoms with Gasteiger partial charge in [-0.2, -0.15) is 5.26 Å². The first-order valence-electron chi connectivity index (χ1n) is 7.33. The lowest BCUT2D eigenvalue weighted by Crippen LogP contribution is -2.11. The molecule has 2 aromatic carbocycles. The van der Waals surface area contributed by atoms with E-state index in [1.807, 2.05) is 36.4 Å². The van der Waals surface area contributed by atoms with Crippen LogP contribution in [0.15, 0.2) is 71.1 Å². The van der Waals surface area contributed by atoms with E-state index >= 15 is 0 Å². The molecule has 0 fully saturated rings. The van der Waals surface area contributed by atoms with Crippen molar-refractivity contribution in [3.8, 4) is 11.8 Å². The number of carbonyl (C=O) groups excluding carboxylic acids is 1. The molecule has 0 aliphatic heterocycles. The van der Waals surface area contributed by atoms with Crippen molar-refractivity contribution in [2.24, 2.45) is 0 Å². The van der Waals surface area contributed by atoms with Gasteiger partial charge in [0.2, 0.25) is 0 Å². The van der Waals surface area contributed by atoms with Crippen molar-refractivity contribution in [2.75, 3.05) is 5.32 Å². The molecule has 1 aromatic heterocycles. The largest absolute Gasteiger partial charge is 0.486 e. The molecule has 24 heavy (non-hydrogen) atoms. The standard InChI is InChI=1S/C19H14N2O3/c20-12-14-6-4-5-9-17(14)21-19(22)18-11-10-16(24-18)13-23-15-7-2-1-3-8-15/h1-11H,13H2,(H,21,22). The van der Waals surface area contributed by atoms with Gasteiger partial charge >= 0.3 is 0 Å². The van der Waals surface area contributed by atoms with E-state index in [0.717, 1.165) is 5.75 Å². The van der Waals surface area contributed by atoms with Gasteiger partial charge in [-0.15, -0.1) is 0 Å². The van der Waals surface area contributed by atoms with Crippen molar-refractivity contribution in [3.63, 3.8) is 0 Å². The molecule has 0 unspecified atom stereocenters. The Bertz CT molecular complexity index is 879. The Morgan fingerprint density at radius 2 is 1.79 bits per heavy atom. The molecule has 0 atom stereocenters. The molecule has 0 aliphatic rings. The Kier molecular flexibility index (Phi) is 4.59. The molecule has 0 aliphatic carbocycles. The summed E-state index contributed by atoms with van der Waals surface area (Å²) in [5.41, 5.74) is 0.841. The third-order valence-corrected chi connectivity index (χ3v) is 3.31. The number of benzene rings is 2. The van der Waals surface area contributed by atoms with E-state index in [1.54, 1.807) is 36.4 Å². The molecular formula is C19H14N2O3. The van der Waals surface area contributed by atoms with Crippen LogP contribution >= 0.6 is 0 Å². The predicted molar refractivity (Wildman–Crippen MR) is 88.6 cm³/mol. The maximum atomic E-state index is 12.2. The number of hydrogen-bond donors (Lipinski definition) is 1. The molecule has 3 rings (SSSR count). The number of furan rings is 1. The number of rotatable bonds is 5. The van der Waals surface area contributed by atoms with Crippen LogP contribution in [-0.4, -0.2) is 5.91 Å². The molecule has 0 radical (unpaired) electrons. The van der Waals surface area contributed by atoms with Gasteiger partial charge < -0.3 is 14.5 Å². The van der Waals surface area contributed by atoms with Crippen LogP contribution in [0.2, 0.25) is 0 Å². The van der Waals surface area contributed by atoms with Crippen LogP contribution in [0.4, 0.5) is 5.69 Å². The van der Waals surface area contributed by atoms with E-state index in [-0.39, 0.29) is 12.4 Å². The first kappa shape index (κ1) is 15.4. The second-order valence-corrected chi connectivity index (χ2v) is 4.98. The molecule has 0 saturated heterocycles. The molecule has 0 saturated carbocycles. The molecule has 5 heteroatoms. The lowest BCUT2D eigenvalue weighted by molar-refractivity contribution is 0.0992. The summed E-state index contributed by atoms with van der Waals surface area (Å²) in [4.78, 5) is 12.2. The van der Waals surface area contributed by atoms with Crippen LogP contribution in [0.3, 0.4) is 0 Å². The topological polar surface area (TPSA) is 75.3 Å². The predicted octanol–water partition coefficient (Wildman–Crippen LogP) is 3.98. The summed E-state index contributed by atoms with van der Waals surface area (Å²) in [7, 11) is 0. The summed E-state index contributed by atoms with van der Waals surface area (Å²) in [6, 6.07) is 21.4. The van der Waals surface area contributed by atoms with Crippen molar-refractivity contribution in [2.45, 2.75) is 6.61 Å². The Labute approximate surface area is 139 Å². The minimum absolute atomic E-state index is 0.161. The lowest BCUT2D eigenvalue weighted by Gasteiger charge is -2.05. The average Bonchev–Trinajstić information content (AvgIpc) is 3.10. The number of para-hydroxylation sites is 2. The minimum Gasteiger partial charge on any atom is -0.486 e. The first-order valence-corrected chi connectivity index (χ1v) is 7.33. The summed E-state index contributed by atoms with van der Waals surface area (Å²) in [5.74, 6) is 1.01. The number of anilines is 1. The minimum atomic E-state index is -0.413. The van der Waals surface area contributed by atoms with Gasteiger partial charge in [-0.05, 0) is 36.4 Å². The first-order chi connectivity index (χ1) is 11.8. The van der Waals surface area contributed by atoms with Crippen LogP contribution in [-0.2, 0) is 6.61 Å². The number of nitrogens with one attached hydrogen (secondary N) is 1. The SMILES string of the molecule is N#Cc1ccccc1NC(=O)c1ccc(COc2ccccc2)o1. The highest BCUT2D eigenvalue weighted by Crippen LogP contribution is 2.17. The van der Waals surface area contributed by atoms with Gasteiger partial charge in [0, 0.05) is 0 Å². The maximum absolute atomic E-state index is 12.2. The summed E-state index contributed by atoms with van der Waals surface area (Å²) in [6.07, 6.45) is 0. The zero-order valence-electron chi connectivity index (χ0n) is 12.7. The van der Waals surface area contributed by atoms with Gasteiger partial charge in [-0.25, -0.2) is 0 Å². The normalized spacial score (nSPS) is 9.96. The molecular weight excluding hydrogens is 304 g/mol. The fourth-order valence-corrected chi connectivity index (χ4v) is 2.12. The summed E-state index contributed by atoms with van der Waals surface area (Å²) < 4.78 is 11.1. The Morgan fingerprint density at radius 1 is 1.04 bits per heavy atom. The molecule has 5 nitrogen and oxygen atoms in total. The van der Waals surface area contributed by atoms with Gasteiger partial charge in [-0.3, -0.25) is 4.79 Å². The summed E-state index contributed by atoms with van der Waals surface area (Å²) >= 11 is 0. The molecule has 1 N–H and O–H groups in total. The fraction of sp³-hybridized carbons (Fsp3) is 0.0526. The van der Waals surface area contributed by atoms with Crippen molar-refractivity contribution in [3.05, 3.63) is 83.8 Å². The molecule has 0 bridgehead atoms. The molecule has 3 aromatic rings. The van der Waals surface area contributed by atoms with E-state index < -0.39 is 5.91 Å². The average molecular weight is 318 g/mol. The zero-order chi connectivity index (χ0) is 16.8. The monoisotopic (exact) mass is 318 g/mol. The number of nitrogens with zero attached hydrogens (tertiary/aromatic N) is 1. The third-order valence-electron chi connectivity index (χ3n) is 3.31. The van der Waals surface area contributed by atoms with Crippen LogP contribution in [0.25, 0.3) is 0 Å². The van der Waals surface area contributed by atoms with Gasteiger partial charge in [0.1, 0.15) is 24.2 Å². The number of nitriles is 1. The van der Waals surface area contributed by atoms with E-state index in [2.05, 4.69) is 5.32 Å². The van der Waals surface area contributed by atoms with Gasteiger partial charge in [0.25, 0.3) is 5.91 Å². The quantitative estimate of drug-likeness (QED) is 0.772. The van der Waals surface area contributed by atoms with E-state index in [9.17, 15) is 4.79 Å². The van der Waals surface area contributed by atoms with E-state index in [1.165, 1.54) is 0 Å². The Balaban J connectivity index is 1.64. The van der Waals surface area contributed by atoms with Crippen LogP contribution in [0, 0.1) is 11.3 Å². The Morgan fingerprint density at radius 3 is 2.58 bits per heavy atom. The van der Waals surface area contributed by atoms with Gasteiger partial charge in [0.05, 0.1) is 11.3 Å². The highest BCUT2D eigenvalue weighted by molar-refractivity contribution is 6.03. The third kappa shape index (κ3) is 3.62. The van der Waals surface area contributed by atoms with Crippen LogP contribution in [0.5, 0.6) is 5.75 Å². The molecule has 118 valence electrons. The summed E-state index contributed by atoms with van der Waals surface area (Å²) in [6.45, 7) is 0.228. The Hall–Kier alpha value is -3.52. The van der Waals surface area contributed by atoms with Crippen LogP contribution < -0.4 is 10.1 Å². The number of hydrogen-bond acceptors (Lipinski definition) is 4. The van der Waals surface area contributed by atoms with Gasteiger partial charge in [0.15, 0.2) is 5.76 Å². The molecule has 1 heterocycles. The van der Waals surface area contributed by atoms with Crippen molar-refractivity contribution in [1.82, 2.24) is 0 Å². The highest BCUT2D eigenvalue weighted by Gasteiger charge is 2.13. The maximum Gasteiger partial charge on any atom is 0.291 e. The number of amides is 1. The number of ether oxygens (including phenoxy) is 1. The molecule has 1 amide bonds. The van der Waals surface area contributed by atoms with Crippen LogP contribution in [0.1, 0.15) is 21.9 Å². The zero-order valence-corrected chi connectivity index (χ0v) is 12.7. The molecule has 0 spiro atoms. The van der Waals surface area contributed by atoms with Crippen molar-refractivity contribution < 1.29 is 13.9 Å². The van der Waals surface area contributed by atoms with Crippen molar-refractivity contribution in [1.29, 1.82) is 5.26 Å². The summed E-state index contributed by atoms with van der Waals surface area (Å²) in [5, 5.41) is 11.7. The fourth-order valence-electron chi connectivity index (χ4n) is 2.12. The second-order valence-electron chi connectivity index (χ2n) is 4.98. The highest BCUT2D eigenvalue weighted by atomic mass is 16.5.